The van der Waals surface area contributed by atoms with Gasteiger partial charge in [0.25, 0.3) is 0 Å². The minimum absolute atomic E-state index is 0.0359. The molecule has 138 valence electrons. The standard InChI is InChI=1S/C20H25N3O3/c1-15(20(25)23-10-12-26-13-11-23)22(2)14-19(24)21-18-9-5-7-16-6-3-4-8-17(16)18/h3-9,15H,10-14H2,1-2H3,(H,21,24)/t15-/m1/s1. The van der Waals surface area contributed by atoms with Crippen LogP contribution in [0.25, 0.3) is 10.8 Å². The van der Waals surface area contributed by atoms with Crippen LogP contribution in [0.1, 0.15) is 6.92 Å². The minimum Gasteiger partial charge on any atom is -0.378 e. The summed E-state index contributed by atoms with van der Waals surface area (Å²) in [7, 11) is 1.80. The first-order valence-corrected chi connectivity index (χ1v) is 8.90. The van der Waals surface area contributed by atoms with Crippen molar-refractivity contribution in [1.29, 1.82) is 0 Å². The van der Waals surface area contributed by atoms with Gasteiger partial charge in [0.15, 0.2) is 0 Å². The van der Waals surface area contributed by atoms with Crippen molar-refractivity contribution < 1.29 is 14.3 Å². The Bertz CT molecular complexity index is 781. The maximum absolute atomic E-state index is 12.6. The number of morpholine rings is 1. The molecule has 6 heteroatoms. The molecule has 6 nitrogen and oxygen atoms in total. The third kappa shape index (κ3) is 4.20. The van der Waals surface area contributed by atoms with Gasteiger partial charge in [-0.05, 0) is 25.4 Å². The Morgan fingerprint density at radius 3 is 2.62 bits per heavy atom. The zero-order valence-electron chi connectivity index (χ0n) is 15.3. The number of ether oxygens (including phenoxy) is 1. The van der Waals surface area contributed by atoms with Gasteiger partial charge >= 0.3 is 0 Å². The zero-order valence-corrected chi connectivity index (χ0v) is 15.3. The lowest BCUT2D eigenvalue weighted by molar-refractivity contribution is -0.140. The number of hydrogen-bond donors (Lipinski definition) is 1. The van der Waals surface area contributed by atoms with Crippen molar-refractivity contribution in [2.75, 3.05) is 45.2 Å². The normalized spacial score (nSPS) is 15.9. The summed E-state index contributed by atoms with van der Waals surface area (Å²) in [5.74, 6) is -0.0979. The van der Waals surface area contributed by atoms with Crippen LogP contribution in [0.15, 0.2) is 42.5 Å². The van der Waals surface area contributed by atoms with E-state index in [1.54, 1.807) is 16.8 Å². The second-order valence-electron chi connectivity index (χ2n) is 6.60. The molecule has 0 unspecified atom stereocenters. The summed E-state index contributed by atoms with van der Waals surface area (Å²) < 4.78 is 5.28. The first-order chi connectivity index (χ1) is 12.6. The van der Waals surface area contributed by atoms with Crippen molar-refractivity contribution in [1.82, 2.24) is 9.80 Å². The molecule has 2 amide bonds. The highest BCUT2D eigenvalue weighted by Crippen LogP contribution is 2.22. The smallest absolute Gasteiger partial charge is 0.239 e. The van der Waals surface area contributed by atoms with Crippen molar-refractivity contribution in [3.05, 3.63) is 42.5 Å². The van der Waals surface area contributed by atoms with Gasteiger partial charge in [0.05, 0.1) is 25.8 Å². The van der Waals surface area contributed by atoms with E-state index in [1.165, 1.54) is 0 Å². The Labute approximate surface area is 153 Å². The lowest BCUT2D eigenvalue weighted by Gasteiger charge is -2.32. The van der Waals surface area contributed by atoms with Gasteiger partial charge in [-0.1, -0.05) is 36.4 Å². The highest BCUT2D eigenvalue weighted by molar-refractivity contribution is 6.02. The molecule has 0 aromatic heterocycles. The third-order valence-corrected chi connectivity index (χ3v) is 4.80. The molecule has 0 aliphatic carbocycles. The summed E-state index contributed by atoms with van der Waals surface area (Å²) in [6.07, 6.45) is 0. The Morgan fingerprint density at radius 2 is 1.85 bits per heavy atom. The monoisotopic (exact) mass is 355 g/mol. The molecule has 1 N–H and O–H groups in total. The number of benzene rings is 2. The molecule has 1 heterocycles. The van der Waals surface area contributed by atoms with Crippen molar-refractivity contribution in [2.24, 2.45) is 0 Å². The molecule has 0 bridgehead atoms. The zero-order chi connectivity index (χ0) is 18.5. The van der Waals surface area contributed by atoms with Gasteiger partial charge in [-0.2, -0.15) is 0 Å². The number of anilines is 1. The van der Waals surface area contributed by atoms with Gasteiger partial charge in [-0.15, -0.1) is 0 Å². The number of rotatable bonds is 5. The number of carbonyl (C=O) groups excluding carboxylic acids is 2. The molecule has 0 spiro atoms. The van der Waals surface area contributed by atoms with Crippen LogP contribution in [0.3, 0.4) is 0 Å². The molecule has 0 saturated carbocycles. The number of likely N-dealkylation sites (N-methyl/N-ethyl adjacent to an activating group) is 1. The molecule has 1 aliphatic heterocycles. The van der Waals surface area contributed by atoms with E-state index in [4.69, 9.17) is 4.74 Å². The van der Waals surface area contributed by atoms with Crippen LogP contribution < -0.4 is 5.32 Å². The molecule has 2 aromatic carbocycles. The second-order valence-corrected chi connectivity index (χ2v) is 6.60. The van der Waals surface area contributed by atoms with Gasteiger partial charge in [-0.3, -0.25) is 14.5 Å². The molecule has 3 rings (SSSR count). The maximum Gasteiger partial charge on any atom is 0.239 e. The van der Waals surface area contributed by atoms with Crippen molar-refractivity contribution in [3.63, 3.8) is 0 Å². The van der Waals surface area contributed by atoms with Crippen molar-refractivity contribution in [3.8, 4) is 0 Å². The van der Waals surface area contributed by atoms with Crippen LogP contribution in [-0.4, -0.2) is 67.6 Å². The molecule has 1 aliphatic rings. The van der Waals surface area contributed by atoms with Crippen molar-refractivity contribution in [2.45, 2.75) is 13.0 Å². The van der Waals surface area contributed by atoms with E-state index in [0.717, 1.165) is 16.5 Å². The Morgan fingerprint density at radius 1 is 1.15 bits per heavy atom. The van der Waals surface area contributed by atoms with Gasteiger partial charge in [0, 0.05) is 24.2 Å². The fourth-order valence-corrected chi connectivity index (χ4v) is 3.12. The molecule has 0 radical (unpaired) electrons. The summed E-state index contributed by atoms with van der Waals surface area (Å²) in [6, 6.07) is 13.4. The molecule has 1 atom stereocenters. The van der Waals surface area contributed by atoms with Gasteiger partial charge < -0.3 is 15.0 Å². The van der Waals surface area contributed by atoms with Crippen LogP contribution in [0.2, 0.25) is 0 Å². The van der Waals surface area contributed by atoms with E-state index in [2.05, 4.69) is 5.32 Å². The summed E-state index contributed by atoms with van der Waals surface area (Å²) in [5, 5.41) is 5.05. The summed E-state index contributed by atoms with van der Waals surface area (Å²) in [6.45, 7) is 4.36. The quantitative estimate of drug-likeness (QED) is 0.891. The van der Waals surface area contributed by atoms with E-state index in [1.807, 2.05) is 49.4 Å². The lowest BCUT2D eigenvalue weighted by atomic mass is 10.1. The number of fused-ring (bicyclic) bond motifs is 1. The first-order valence-electron chi connectivity index (χ1n) is 8.90. The maximum atomic E-state index is 12.6. The number of amides is 2. The number of carbonyl (C=O) groups is 2. The van der Waals surface area contributed by atoms with Crippen LogP contribution in [0.4, 0.5) is 5.69 Å². The largest absolute Gasteiger partial charge is 0.378 e. The fraction of sp³-hybridized carbons (Fsp3) is 0.400. The number of nitrogens with zero attached hydrogens (tertiary/aromatic N) is 2. The highest BCUT2D eigenvalue weighted by atomic mass is 16.5. The van der Waals surface area contributed by atoms with Crippen LogP contribution in [-0.2, 0) is 14.3 Å². The summed E-state index contributed by atoms with van der Waals surface area (Å²) >= 11 is 0. The number of nitrogens with one attached hydrogen (secondary N) is 1. The molecular weight excluding hydrogens is 330 g/mol. The molecular formula is C20H25N3O3. The van der Waals surface area contributed by atoms with Crippen LogP contribution in [0.5, 0.6) is 0 Å². The van der Waals surface area contributed by atoms with E-state index >= 15 is 0 Å². The van der Waals surface area contributed by atoms with E-state index in [-0.39, 0.29) is 24.4 Å². The van der Waals surface area contributed by atoms with Gasteiger partial charge in [0.2, 0.25) is 11.8 Å². The average molecular weight is 355 g/mol. The summed E-state index contributed by atoms with van der Waals surface area (Å²) in [4.78, 5) is 28.6. The number of hydrogen-bond acceptors (Lipinski definition) is 4. The Balaban J connectivity index is 1.60. The topological polar surface area (TPSA) is 61.9 Å². The Hall–Kier alpha value is -2.44. The first kappa shape index (κ1) is 18.4. The molecule has 2 aromatic rings. The molecule has 26 heavy (non-hydrogen) atoms. The van der Waals surface area contributed by atoms with Gasteiger partial charge in [0.1, 0.15) is 0 Å². The predicted molar refractivity (Wildman–Crippen MR) is 102 cm³/mol. The minimum atomic E-state index is -0.355. The second kappa shape index (κ2) is 8.29. The Kier molecular flexibility index (Phi) is 5.85. The van der Waals surface area contributed by atoms with Gasteiger partial charge in [-0.25, -0.2) is 0 Å². The lowest BCUT2D eigenvalue weighted by Crippen LogP contribution is -2.50. The van der Waals surface area contributed by atoms with E-state index in [9.17, 15) is 9.59 Å². The fourth-order valence-electron chi connectivity index (χ4n) is 3.12. The van der Waals surface area contributed by atoms with E-state index < -0.39 is 0 Å². The third-order valence-electron chi connectivity index (χ3n) is 4.80. The predicted octanol–water partition coefficient (Wildman–Crippen LogP) is 1.96. The van der Waals surface area contributed by atoms with Crippen molar-refractivity contribution >= 4 is 28.3 Å². The van der Waals surface area contributed by atoms with Crippen LogP contribution >= 0.6 is 0 Å². The van der Waals surface area contributed by atoms with Crippen LogP contribution in [0, 0.1) is 0 Å². The molecule has 1 fully saturated rings. The highest BCUT2D eigenvalue weighted by Gasteiger charge is 2.26. The molecule has 1 saturated heterocycles. The SMILES string of the molecule is C[C@H](C(=O)N1CCOCC1)N(C)CC(=O)Nc1cccc2ccccc12. The summed E-state index contributed by atoms with van der Waals surface area (Å²) in [5.41, 5.74) is 0.786. The average Bonchev–Trinajstić information content (AvgIpc) is 2.67. The van der Waals surface area contributed by atoms with E-state index in [0.29, 0.717) is 26.3 Å².